The number of benzene rings is 1. The van der Waals surface area contributed by atoms with Crippen LogP contribution in [-0.2, 0) is 0 Å². The molecule has 116 valence electrons. The highest BCUT2D eigenvalue weighted by Crippen LogP contribution is 2.25. The van der Waals surface area contributed by atoms with E-state index in [9.17, 15) is 4.79 Å². The average molecular weight is 367 g/mol. The number of amides is 2. The van der Waals surface area contributed by atoms with Gasteiger partial charge < -0.3 is 14.8 Å². The van der Waals surface area contributed by atoms with Crippen molar-refractivity contribution in [3.8, 4) is 11.5 Å². The summed E-state index contributed by atoms with van der Waals surface area (Å²) in [7, 11) is 0. The SMILES string of the molecule is CCOc1ccccc1OCNC(=O)Nc1ncc(Br)cn1. The van der Waals surface area contributed by atoms with Crippen molar-refractivity contribution in [3.05, 3.63) is 41.1 Å². The van der Waals surface area contributed by atoms with E-state index in [0.717, 1.165) is 4.47 Å². The molecule has 22 heavy (non-hydrogen) atoms. The summed E-state index contributed by atoms with van der Waals surface area (Å²) in [6.07, 6.45) is 3.08. The Bertz CT molecular complexity index is 622. The normalized spacial score (nSPS) is 9.91. The van der Waals surface area contributed by atoms with E-state index in [2.05, 4.69) is 36.5 Å². The van der Waals surface area contributed by atoms with Crippen LogP contribution in [0.15, 0.2) is 41.1 Å². The van der Waals surface area contributed by atoms with Crippen molar-refractivity contribution in [3.63, 3.8) is 0 Å². The molecule has 7 nitrogen and oxygen atoms in total. The number of ether oxygens (including phenoxy) is 2. The van der Waals surface area contributed by atoms with E-state index in [-0.39, 0.29) is 12.7 Å². The first-order valence-electron chi connectivity index (χ1n) is 6.56. The van der Waals surface area contributed by atoms with Crippen molar-refractivity contribution < 1.29 is 14.3 Å². The summed E-state index contributed by atoms with van der Waals surface area (Å²) in [5.74, 6) is 1.39. The summed E-state index contributed by atoms with van der Waals surface area (Å²) >= 11 is 3.21. The van der Waals surface area contributed by atoms with Gasteiger partial charge >= 0.3 is 6.03 Å². The van der Waals surface area contributed by atoms with Gasteiger partial charge in [-0.05, 0) is 35.0 Å². The van der Waals surface area contributed by atoms with Gasteiger partial charge in [0.15, 0.2) is 18.2 Å². The number of halogens is 1. The molecule has 0 aliphatic rings. The van der Waals surface area contributed by atoms with Crippen LogP contribution in [0.2, 0.25) is 0 Å². The van der Waals surface area contributed by atoms with Crippen molar-refractivity contribution in [2.75, 3.05) is 18.7 Å². The molecule has 0 atom stereocenters. The van der Waals surface area contributed by atoms with E-state index in [1.54, 1.807) is 12.1 Å². The zero-order valence-electron chi connectivity index (χ0n) is 11.9. The van der Waals surface area contributed by atoms with E-state index < -0.39 is 6.03 Å². The maximum Gasteiger partial charge on any atom is 0.324 e. The summed E-state index contributed by atoms with van der Waals surface area (Å²) in [6.45, 7) is 2.42. The quantitative estimate of drug-likeness (QED) is 0.767. The van der Waals surface area contributed by atoms with Gasteiger partial charge in [0.1, 0.15) is 0 Å². The molecule has 2 N–H and O–H groups in total. The first-order chi connectivity index (χ1) is 10.7. The Hall–Kier alpha value is -2.35. The topological polar surface area (TPSA) is 85.4 Å². The Labute approximate surface area is 136 Å². The molecule has 0 aliphatic heterocycles. The second kappa shape index (κ2) is 8.18. The first-order valence-corrected chi connectivity index (χ1v) is 7.35. The van der Waals surface area contributed by atoms with Crippen molar-refractivity contribution in [2.24, 2.45) is 0 Å². The molecule has 8 heteroatoms. The van der Waals surface area contributed by atoms with Crippen LogP contribution in [0.1, 0.15) is 6.92 Å². The van der Waals surface area contributed by atoms with Crippen molar-refractivity contribution in [1.82, 2.24) is 15.3 Å². The molecule has 1 aromatic carbocycles. The summed E-state index contributed by atoms with van der Waals surface area (Å²) in [5, 5.41) is 5.03. The van der Waals surface area contributed by atoms with Crippen LogP contribution in [-0.4, -0.2) is 29.3 Å². The fourth-order valence-corrected chi connectivity index (χ4v) is 1.75. The zero-order valence-corrected chi connectivity index (χ0v) is 13.5. The minimum atomic E-state index is -0.462. The molecule has 0 unspecified atom stereocenters. The monoisotopic (exact) mass is 366 g/mol. The molecule has 0 radical (unpaired) electrons. The molecule has 0 fully saturated rings. The smallest absolute Gasteiger partial charge is 0.324 e. The largest absolute Gasteiger partial charge is 0.490 e. The standard InChI is InChI=1S/C14H15BrN4O3/c1-2-21-11-5-3-4-6-12(11)22-9-18-14(20)19-13-16-7-10(15)8-17-13/h3-8H,2,9H2,1H3,(H2,16,17,18,19,20). The van der Waals surface area contributed by atoms with Gasteiger partial charge in [0.05, 0.1) is 11.1 Å². The van der Waals surface area contributed by atoms with E-state index in [1.165, 1.54) is 12.4 Å². The molecule has 0 saturated heterocycles. The molecular formula is C14H15BrN4O3. The molecule has 1 heterocycles. The molecule has 0 bridgehead atoms. The number of urea groups is 1. The molecule has 1 aromatic heterocycles. The Morgan fingerprint density at radius 1 is 1.18 bits per heavy atom. The number of nitrogens with one attached hydrogen (secondary N) is 2. The van der Waals surface area contributed by atoms with Gasteiger partial charge in [0.25, 0.3) is 0 Å². The lowest BCUT2D eigenvalue weighted by molar-refractivity contribution is 0.229. The number of para-hydroxylation sites is 2. The number of carbonyl (C=O) groups excluding carboxylic acids is 1. The van der Waals surface area contributed by atoms with Crippen LogP contribution in [0.3, 0.4) is 0 Å². The lowest BCUT2D eigenvalue weighted by Gasteiger charge is -2.12. The number of rotatable bonds is 6. The van der Waals surface area contributed by atoms with Crippen molar-refractivity contribution in [1.29, 1.82) is 0 Å². The molecule has 0 aliphatic carbocycles. The van der Waals surface area contributed by atoms with Crippen LogP contribution >= 0.6 is 15.9 Å². The van der Waals surface area contributed by atoms with Gasteiger partial charge in [-0.1, -0.05) is 12.1 Å². The van der Waals surface area contributed by atoms with Crippen LogP contribution in [0.5, 0.6) is 11.5 Å². The van der Waals surface area contributed by atoms with Crippen LogP contribution in [0.25, 0.3) is 0 Å². The van der Waals surface area contributed by atoms with Gasteiger partial charge in [-0.15, -0.1) is 0 Å². The second-order valence-corrected chi connectivity index (χ2v) is 4.94. The highest BCUT2D eigenvalue weighted by atomic mass is 79.9. The third-order valence-corrected chi connectivity index (χ3v) is 2.86. The van der Waals surface area contributed by atoms with Gasteiger partial charge in [0.2, 0.25) is 5.95 Å². The molecular weight excluding hydrogens is 352 g/mol. The Morgan fingerprint density at radius 3 is 2.45 bits per heavy atom. The Balaban J connectivity index is 1.81. The lowest BCUT2D eigenvalue weighted by atomic mass is 10.3. The van der Waals surface area contributed by atoms with Gasteiger partial charge in [-0.25, -0.2) is 14.8 Å². The van der Waals surface area contributed by atoms with Gasteiger partial charge in [-0.3, -0.25) is 5.32 Å². The van der Waals surface area contributed by atoms with Crippen molar-refractivity contribution >= 4 is 27.9 Å². The predicted octanol–water partition coefficient (Wildman–Crippen LogP) is 2.80. The fourth-order valence-electron chi connectivity index (χ4n) is 1.55. The van der Waals surface area contributed by atoms with E-state index in [0.29, 0.717) is 18.1 Å². The third kappa shape index (κ3) is 4.88. The lowest BCUT2D eigenvalue weighted by Crippen LogP contribution is -2.32. The minimum Gasteiger partial charge on any atom is -0.490 e. The number of hydrogen-bond donors (Lipinski definition) is 2. The Kier molecular flexibility index (Phi) is 5.96. The second-order valence-electron chi connectivity index (χ2n) is 4.02. The molecule has 0 saturated carbocycles. The fraction of sp³-hybridized carbons (Fsp3) is 0.214. The van der Waals surface area contributed by atoms with Gasteiger partial charge in [0, 0.05) is 12.4 Å². The van der Waals surface area contributed by atoms with Crippen LogP contribution in [0.4, 0.5) is 10.7 Å². The Morgan fingerprint density at radius 2 is 1.82 bits per heavy atom. The van der Waals surface area contributed by atoms with E-state index in [4.69, 9.17) is 9.47 Å². The number of nitrogens with zero attached hydrogens (tertiary/aromatic N) is 2. The summed E-state index contributed by atoms with van der Waals surface area (Å²) in [5.41, 5.74) is 0. The molecule has 0 spiro atoms. The van der Waals surface area contributed by atoms with E-state index in [1.807, 2.05) is 19.1 Å². The molecule has 2 rings (SSSR count). The molecule has 2 aromatic rings. The third-order valence-electron chi connectivity index (χ3n) is 2.46. The van der Waals surface area contributed by atoms with Gasteiger partial charge in [-0.2, -0.15) is 0 Å². The zero-order chi connectivity index (χ0) is 15.8. The number of aromatic nitrogens is 2. The summed E-state index contributed by atoms with van der Waals surface area (Å²) in [4.78, 5) is 19.5. The van der Waals surface area contributed by atoms with Crippen LogP contribution in [0, 0.1) is 0 Å². The summed E-state index contributed by atoms with van der Waals surface area (Å²) < 4.78 is 11.6. The maximum atomic E-state index is 11.7. The number of carbonyl (C=O) groups is 1. The number of hydrogen-bond acceptors (Lipinski definition) is 5. The minimum absolute atomic E-state index is 0.00749. The predicted molar refractivity (Wildman–Crippen MR) is 85.0 cm³/mol. The molecule has 2 amide bonds. The van der Waals surface area contributed by atoms with E-state index >= 15 is 0 Å². The first kappa shape index (κ1) is 16.0. The summed E-state index contributed by atoms with van der Waals surface area (Å²) in [6, 6.07) is 6.78. The highest BCUT2D eigenvalue weighted by Gasteiger charge is 2.06. The maximum absolute atomic E-state index is 11.7. The van der Waals surface area contributed by atoms with Crippen LogP contribution < -0.4 is 20.1 Å². The average Bonchev–Trinajstić information content (AvgIpc) is 2.51. The highest BCUT2D eigenvalue weighted by molar-refractivity contribution is 9.10. The van der Waals surface area contributed by atoms with Crippen molar-refractivity contribution in [2.45, 2.75) is 6.92 Å². The number of anilines is 1.